The molecule has 0 aromatic carbocycles. The molecule has 1 saturated carbocycles. The Hall–Kier alpha value is -1.77. The van der Waals surface area contributed by atoms with Gasteiger partial charge in [0, 0.05) is 37.2 Å². The van der Waals surface area contributed by atoms with Crippen LogP contribution in [0.5, 0.6) is 0 Å². The van der Waals surface area contributed by atoms with Gasteiger partial charge in [-0.15, -0.1) is 11.3 Å². The molecule has 0 spiro atoms. The number of aliphatic hydroxyl groups excluding tert-OH is 1. The Kier molecular flexibility index (Phi) is 6.51. The van der Waals surface area contributed by atoms with E-state index in [4.69, 9.17) is 15.0 Å². The summed E-state index contributed by atoms with van der Waals surface area (Å²) in [5, 5.41) is 17.7. The minimum atomic E-state index is 0.143. The fraction of sp³-hybridized carbons (Fsp3) is 0.696. The lowest BCUT2D eigenvalue weighted by Gasteiger charge is -2.21. The normalized spacial score (nSPS) is 21.9. The first-order chi connectivity index (χ1) is 14.7. The lowest BCUT2D eigenvalue weighted by molar-refractivity contribution is 0.229. The number of aromatic nitrogens is 3. The maximum atomic E-state index is 9.56. The Morgan fingerprint density at radius 2 is 2.00 bits per heavy atom. The third-order valence-corrected chi connectivity index (χ3v) is 7.31. The van der Waals surface area contributed by atoms with Gasteiger partial charge >= 0.3 is 0 Å². The first-order valence-electron chi connectivity index (χ1n) is 11.4. The highest BCUT2D eigenvalue weighted by Gasteiger charge is 2.28. The maximum Gasteiger partial charge on any atom is 0.224 e. The average Bonchev–Trinajstić information content (AvgIpc) is 3.31. The Morgan fingerprint density at radius 1 is 1.19 bits per heavy atom. The molecule has 2 atom stereocenters. The molecule has 3 N–H and O–H groups in total. The van der Waals surface area contributed by atoms with Crippen molar-refractivity contribution in [3.8, 4) is 10.6 Å². The van der Waals surface area contributed by atoms with E-state index in [1.54, 1.807) is 11.3 Å². The highest BCUT2D eigenvalue weighted by Crippen LogP contribution is 2.38. The highest BCUT2D eigenvalue weighted by atomic mass is 32.1. The van der Waals surface area contributed by atoms with Crippen molar-refractivity contribution in [1.29, 1.82) is 0 Å². The van der Waals surface area contributed by atoms with Gasteiger partial charge in [0.05, 0.1) is 17.0 Å². The third kappa shape index (κ3) is 5.35. The molecule has 0 bridgehead atoms. The molecule has 1 fully saturated rings. The van der Waals surface area contributed by atoms with Gasteiger partial charge in [0.1, 0.15) is 10.8 Å². The van der Waals surface area contributed by atoms with E-state index in [0.717, 1.165) is 67.4 Å². The molecule has 0 saturated heterocycles. The summed E-state index contributed by atoms with van der Waals surface area (Å²) in [7, 11) is 2.15. The minimum absolute atomic E-state index is 0.143. The lowest BCUT2D eigenvalue weighted by Crippen LogP contribution is -2.25. The largest absolute Gasteiger partial charge is 0.396 e. The van der Waals surface area contributed by atoms with E-state index in [-0.39, 0.29) is 12.0 Å². The van der Waals surface area contributed by atoms with E-state index in [2.05, 4.69) is 50.3 Å². The topological polar surface area (TPSA) is 86.2 Å². The SMILES string of the molecule is Cc1nc(NCC(C)(C)C)nc(N[C@H]2CC[C@@H](CO)C2)c1-c1nc2c(s1)CCN(C)C2. The zero-order chi connectivity index (χ0) is 22.2. The number of hydrogen-bond donors (Lipinski definition) is 3. The number of rotatable bonds is 6. The van der Waals surface area contributed by atoms with Crippen LogP contribution in [0.1, 0.15) is 56.3 Å². The number of nitrogens with one attached hydrogen (secondary N) is 2. The van der Waals surface area contributed by atoms with Gasteiger partial charge < -0.3 is 20.6 Å². The van der Waals surface area contributed by atoms with E-state index >= 15 is 0 Å². The third-order valence-electron chi connectivity index (χ3n) is 6.14. The van der Waals surface area contributed by atoms with E-state index in [1.165, 1.54) is 10.6 Å². The summed E-state index contributed by atoms with van der Waals surface area (Å²) < 4.78 is 0. The molecule has 8 heteroatoms. The van der Waals surface area contributed by atoms with Crippen LogP contribution < -0.4 is 10.6 Å². The van der Waals surface area contributed by atoms with Crippen molar-refractivity contribution in [2.75, 3.05) is 37.4 Å². The quantitative estimate of drug-likeness (QED) is 0.622. The molecule has 2 aromatic rings. The van der Waals surface area contributed by atoms with Gasteiger partial charge in [-0.1, -0.05) is 20.8 Å². The predicted molar refractivity (Wildman–Crippen MR) is 128 cm³/mol. The zero-order valence-electron chi connectivity index (χ0n) is 19.5. The molecule has 0 unspecified atom stereocenters. The molecule has 31 heavy (non-hydrogen) atoms. The van der Waals surface area contributed by atoms with Gasteiger partial charge in [-0.05, 0) is 51.0 Å². The standard InChI is InChI=1S/C23H36N6OS/c1-14-19(21-27-17-11-29(5)9-8-18(17)31-21)20(26-16-7-6-15(10-16)12-30)28-22(25-14)24-13-23(2,3)4/h15-16,30H,6-13H2,1-5H3,(H2,24,25,26,28)/t15-,16+/m1/s1. The second-order valence-corrected chi connectivity index (χ2v) is 11.4. The lowest BCUT2D eigenvalue weighted by atomic mass is 9.97. The Labute approximate surface area is 189 Å². The van der Waals surface area contributed by atoms with Gasteiger partial charge in [0.25, 0.3) is 0 Å². The van der Waals surface area contributed by atoms with E-state index in [9.17, 15) is 5.11 Å². The van der Waals surface area contributed by atoms with Crippen LogP contribution in [0.15, 0.2) is 0 Å². The summed E-state index contributed by atoms with van der Waals surface area (Å²) in [6.07, 6.45) is 4.14. The molecule has 170 valence electrons. The maximum absolute atomic E-state index is 9.56. The van der Waals surface area contributed by atoms with Crippen molar-refractivity contribution < 1.29 is 5.11 Å². The van der Waals surface area contributed by atoms with Crippen LogP contribution in [0.2, 0.25) is 0 Å². The summed E-state index contributed by atoms with van der Waals surface area (Å²) in [6, 6.07) is 0.321. The second-order valence-electron chi connectivity index (χ2n) is 10.4. The molecule has 1 aliphatic heterocycles. The van der Waals surface area contributed by atoms with Gasteiger partial charge in [0.15, 0.2) is 0 Å². The van der Waals surface area contributed by atoms with Crippen molar-refractivity contribution in [2.24, 2.45) is 11.3 Å². The number of fused-ring (bicyclic) bond motifs is 1. The van der Waals surface area contributed by atoms with E-state index in [0.29, 0.717) is 17.9 Å². The first kappa shape index (κ1) is 22.4. The van der Waals surface area contributed by atoms with Gasteiger partial charge in [-0.3, -0.25) is 0 Å². The summed E-state index contributed by atoms with van der Waals surface area (Å²) in [6.45, 7) is 11.7. The van der Waals surface area contributed by atoms with Gasteiger partial charge in [-0.2, -0.15) is 4.98 Å². The number of anilines is 2. The van der Waals surface area contributed by atoms with Crippen LogP contribution in [0.25, 0.3) is 10.6 Å². The Balaban J connectivity index is 1.67. The van der Waals surface area contributed by atoms with Crippen LogP contribution in [-0.2, 0) is 13.0 Å². The fourth-order valence-electron chi connectivity index (χ4n) is 4.36. The number of likely N-dealkylation sites (N-methyl/N-ethyl adjacent to an activating group) is 1. The van der Waals surface area contributed by atoms with Crippen LogP contribution in [-0.4, -0.2) is 57.7 Å². The molecular formula is C23H36N6OS. The van der Waals surface area contributed by atoms with Crippen molar-refractivity contribution in [1.82, 2.24) is 19.9 Å². The number of nitrogens with zero attached hydrogens (tertiary/aromatic N) is 4. The smallest absolute Gasteiger partial charge is 0.224 e. The Morgan fingerprint density at radius 3 is 2.71 bits per heavy atom. The van der Waals surface area contributed by atoms with E-state index < -0.39 is 0 Å². The van der Waals surface area contributed by atoms with Crippen LogP contribution in [0.4, 0.5) is 11.8 Å². The first-order valence-corrected chi connectivity index (χ1v) is 12.2. The molecule has 1 aliphatic carbocycles. The number of aryl methyl sites for hydroxylation is 1. The summed E-state index contributed by atoms with van der Waals surface area (Å²) in [5.74, 6) is 1.91. The van der Waals surface area contributed by atoms with Crippen molar-refractivity contribution >= 4 is 23.1 Å². The minimum Gasteiger partial charge on any atom is -0.396 e. The fourth-order valence-corrected chi connectivity index (χ4v) is 5.52. The molecule has 4 rings (SSSR count). The monoisotopic (exact) mass is 444 g/mol. The zero-order valence-corrected chi connectivity index (χ0v) is 20.3. The summed E-state index contributed by atoms with van der Waals surface area (Å²) in [5.41, 5.74) is 3.31. The molecule has 2 aliphatic rings. The summed E-state index contributed by atoms with van der Waals surface area (Å²) >= 11 is 1.79. The molecule has 0 amide bonds. The highest BCUT2D eigenvalue weighted by molar-refractivity contribution is 7.15. The van der Waals surface area contributed by atoms with Crippen molar-refractivity contribution in [2.45, 2.75) is 66.0 Å². The molecular weight excluding hydrogens is 408 g/mol. The average molecular weight is 445 g/mol. The number of hydrogen-bond acceptors (Lipinski definition) is 8. The summed E-state index contributed by atoms with van der Waals surface area (Å²) in [4.78, 5) is 18.4. The second kappa shape index (κ2) is 9.00. The molecule has 2 aromatic heterocycles. The number of aliphatic hydroxyl groups is 1. The van der Waals surface area contributed by atoms with Crippen LogP contribution >= 0.6 is 11.3 Å². The van der Waals surface area contributed by atoms with Crippen LogP contribution in [0.3, 0.4) is 0 Å². The van der Waals surface area contributed by atoms with Crippen molar-refractivity contribution in [3.05, 3.63) is 16.3 Å². The molecule has 3 heterocycles. The molecule has 0 radical (unpaired) electrons. The Bertz CT molecular complexity index is 922. The van der Waals surface area contributed by atoms with E-state index in [1.807, 2.05) is 0 Å². The van der Waals surface area contributed by atoms with Gasteiger partial charge in [-0.25, -0.2) is 9.97 Å². The molecule has 7 nitrogen and oxygen atoms in total. The van der Waals surface area contributed by atoms with Gasteiger partial charge in [0.2, 0.25) is 5.95 Å². The van der Waals surface area contributed by atoms with Crippen molar-refractivity contribution in [3.63, 3.8) is 0 Å². The van der Waals surface area contributed by atoms with Crippen LogP contribution in [0, 0.1) is 18.3 Å². The predicted octanol–water partition coefficient (Wildman–Crippen LogP) is 3.93. The number of thiazole rings is 1.